The van der Waals surface area contributed by atoms with Crippen LogP contribution in [-0.2, 0) is 0 Å². The molecule has 1 unspecified atom stereocenters. The van der Waals surface area contributed by atoms with Gasteiger partial charge in [-0.25, -0.2) is 9.50 Å². The number of likely N-dealkylation sites (tertiary alicyclic amines) is 1. The van der Waals surface area contributed by atoms with E-state index >= 15 is 0 Å². The normalized spacial score (nSPS) is 16.8. The van der Waals surface area contributed by atoms with Crippen LogP contribution in [0.5, 0.6) is 0 Å². The maximum absolute atomic E-state index is 12.9. The third-order valence-corrected chi connectivity index (χ3v) is 5.71. The Labute approximate surface area is 170 Å². The van der Waals surface area contributed by atoms with Crippen molar-refractivity contribution in [3.63, 3.8) is 0 Å². The smallest absolute Gasteiger partial charge is 0.272 e. The van der Waals surface area contributed by atoms with Gasteiger partial charge < -0.3 is 14.9 Å². The standard InChI is InChI=1S/C22H27N5O2/c1-25(22(29)19-7-11-23-21-8-12-24-27(19)21)15-17-9-13-26(14-10-17)16-20(28)18-5-3-2-4-6-18/h2-8,11-12,17,20,28H,9-10,13-16H2,1H3. The SMILES string of the molecule is CN(CC1CCN(CC(O)c2ccccc2)CC1)C(=O)c1ccnc2ccnn12. The lowest BCUT2D eigenvalue weighted by Crippen LogP contribution is -2.41. The topological polar surface area (TPSA) is 74.0 Å². The number of hydrogen-bond donors (Lipinski definition) is 1. The molecule has 1 aromatic carbocycles. The van der Waals surface area contributed by atoms with Gasteiger partial charge in [0.1, 0.15) is 5.69 Å². The fourth-order valence-corrected chi connectivity index (χ4v) is 4.04. The molecule has 1 N–H and O–H groups in total. The first-order chi connectivity index (χ1) is 14.1. The number of piperidine rings is 1. The summed E-state index contributed by atoms with van der Waals surface area (Å²) in [5.41, 5.74) is 2.17. The number of aliphatic hydroxyl groups excluding tert-OH is 1. The van der Waals surface area contributed by atoms with Gasteiger partial charge in [0.2, 0.25) is 0 Å². The number of aromatic nitrogens is 3. The van der Waals surface area contributed by atoms with Gasteiger partial charge in [-0.2, -0.15) is 5.10 Å². The van der Waals surface area contributed by atoms with Crippen LogP contribution in [0.3, 0.4) is 0 Å². The molecule has 1 fully saturated rings. The Morgan fingerprint density at radius 3 is 2.69 bits per heavy atom. The first-order valence-corrected chi connectivity index (χ1v) is 10.1. The summed E-state index contributed by atoms with van der Waals surface area (Å²) in [7, 11) is 1.85. The molecule has 0 radical (unpaired) electrons. The van der Waals surface area contributed by atoms with Crippen LogP contribution in [-0.4, -0.2) is 68.6 Å². The summed E-state index contributed by atoms with van der Waals surface area (Å²) in [6, 6.07) is 13.3. The molecule has 3 heterocycles. The molecule has 1 saturated heterocycles. The quantitative estimate of drug-likeness (QED) is 0.695. The maximum Gasteiger partial charge on any atom is 0.272 e. The van der Waals surface area contributed by atoms with E-state index in [2.05, 4.69) is 15.0 Å². The van der Waals surface area contributed by atoms with Crippen molar-refractivity contribution < 1.29 is 9.90 Å². The second-order valence-corrected chi connectivity index (χ2v) is 7.79. The van der Waals surface area contributed by atoms with E-state index in [0.29, 0.717) is 23.8 Å². The average Bonchev–Trinajstić information content (AvgIpc) is 3.24. The third kappa shape index (κ3) is 4.46. The molecular weight excluding hydrogens is 366 g/mol. The molecule has 0 saturated carbocycles. The second kappa shape index (κ2) is 8.71. The van der Waals surface area contributed by atoms with Crippen molar-refractivity contribution in [2.45, 2.75) is 18.9 Å². The number of rotatable bonds is 6. The lowest BCUT2D eigenvalue weighted by atomic mass is 9.95. The van der Waals surface area contributed by atoms with E-state index in [9.17, 15) is 9.90 Å². The van der Waals surface area contributed by atoms with Crippen LogP contribution in [0.25, 0.3) is 5.65 Å². The van der Waals surface area contributed by atoms with Crippen molar-refractivity contribution in [1.29, 1.82) is 0 Å². The van der Waals surface area contributed by atoms with Gasteiger partial charge in [0.25, 0.3) is 5.91 Å². The largest absolute Gasteiger partial charge is 0.387 e. The van der Waals surface area contributed by atoms with Gasteiger partial charge in [-0.3, -0.25) is 4.79 Å². The van der Waals surface area contributed by atoms with Gasteiger partial charge in [0, 0.05) is 32.4 Å². The number of β-amino-alcohol motifs (C(OH)–C–C–N with tert-alkyl or cyclic N) is 1. The van der Waals surface area contributed by atoms with E-state index in [4.69, 9.17) is 0 Å². The Morgan fingerprint density at radius 1 is 1.17 bits per heavy atom. The van der Waals surface area contributed by atoms with E-state index in [-0.39, 0.29) is 5.91 Å². The molecule has 4 rings (SSSR count). The summed E-state index contributed by atoms with van der Waals surface area (Å²) in [5, 5.41) is 14.7. The Hall–Kier alpha value is -2.77. The Morgan fingerprint density at radius 2 is 1.93 bits per heavy atom. The average molecular weight is 393 g/mol. The molecule has 7 heteroatoms. The van der Waals surface area contributed by atoms with Gasteiger partial charge in [0.15, 0.2) is 5.65 Å². The number of amides is 1. The highest BCUT2D eigenvalue weighted by Crippen LogP contribution is 2.22. The number of benzene rings is 1. The lowest BCUT2D eigenvalue weighted by Gasteiger charge is -2.34. The summed E-state index contributed by atoms with van der Waals surface area (Å²) in [5.74, 6) is 0.423. The van der Waals surface area contributed by atoms with Gasteiger partial charge >= 0.3 is 0 Å². The van der Waals surface area contributed by atoms with Crippen molar-refractivity contribution in [2.75, 3.05) is 33.2 Å². The summed E-state index contributed by atoms with van der Waals surface area (Å²) in [4.78, 5) is 21.2. The van der Waals surface area contributed by atoms with Gasteiger partial charge in [0.05, 0.1) is 12.3 Å². The van der Waals surface area contributed by atoms with Crippen LogP contribution < -0.4 is 0 Å². The first-order valence-electron chi connectivity index (χ1n) is 10.1. The number of hydrogen-bond acceptors (Lipinski definition) is 5. The Balaban J connectivity index is 1.29. The number of carbonyl (C=O) groups excluding carboxylic acids is 1. The minimum atomic E-state index is -0.458. The molecular formula is C22H27N5O2. The van der Waals surface area contributed by atoms with Crippen molar-refractivity contribution in [1.82, 2.24) is 24.4 Å². The summed E-state index contributed by atoms with van der Waals surface area (Å²) in [6.07, 6.45) is 4.88. The molecule has 3 aromatic rings. The highest BCUT2D eigenvalue weighted by molar-refractivity contribution is 5.92. The van der Waals surface area contributed by atoms with Gasteiger partial charge in [-0.15, -0.1) is 0 Å². The fraction of sp³-hybridized carbons (Fsp3) is 0.409. The molecule has 1 aliphatic rings. The van der Waals surface area contributed by atoms with Crippen molar-refractivity contribution in [3.05, 3.63) is 66.1 Å². The van der Waals surface area contributed by atoms with Crippen molar-refractivity contribution >= 4 is 11.6 Å². The lowest BCUT2D eigenvalue weighted by molar-refractivity contribution is 0.0675. The molecule has 1 atom stereocenters. The molecule has 7 nitrogen and oxygen atoms in total. The molecule has 29 heavy (non-hydrogen) atoms. The fourth-order valence-electron chi connectivity index (χ4n) is 4.04. The van der Waals surface area contributed by atoms with E-state index < -0.39 is 6.10 Å². The van der Waals surface area contributed by atoms with Gasteiger partial charge in [-0.1, -0.05) is 30.3 Å². The number of carbonyl (C=O) groups is 1. The van der Waals surface area contributed by atoms with Crippen LogP contribution in [0.4, 0.5) is 0 Å². The van der Waals surface area contributed by atoms with Crippen LogP contribution >= 0.6 is 0 Å². The Kier molecular flexibility index (Phi) is 5.87. The number of nitrogens with zero attached hydrogens (tertiary/aromatic N) is 5. The highest BCUT2D eigenvalue weighted by Gasteiger charge is 2.25. The van der Waals surface area contributed by atoms with Crippen molar-refractivity contribution in [3.8, 4) is 0 Å². The highest BCUT2D eigenvalue weighted by atomic mass is 16.3. The predicted molar refractivity (Wildman–Crippen MR) is 111 cm³/mol. The van der Waals surface area contributed by atoms with E-state index in [1.807, 2.05) is 37.4 Å². The maximum atomic E-state index is 12.9. The zero-order chi connectivity index (χ0) is 20.2. The molecule has 0 spiro atoms. The van der Waals surface area contributed by atoms with E-state index in [1.54, 1.807) is 33.9 Å². The minimum absolute atomic E-state index is 0.0389. The molecule has 152 valence electrons. The number of aliphatic hydroxyl groups is 1. The monoisotopic (exact) mass is 393 g/mol. The molecule has 2 aromatic heterocycles. The number of fused-ring (bicyclic) bond motifs is 1. The molecule has 1 aliphatic heterocycles. The molecule has 0 aliphatic carbocycles. The Bertz CT molecular complexity index is 950. The first kappa shape index (κ1) is 19.5. The third-order valence-electron chi connectivity index (χ3n) is 5.71. The van der Waals surface area contributed by atoms with Crippen molar-refractivity contribution in [2.24, 2.45) is 5.92 Å². The summed E-state index contributed by atoms with van der Waals surface area (Å²) < 4.78 is 1.59. The molecule has 1 amide bonds. The van der Waals surface area contributed by atoms with Crippen LogP contribution in [0.2, 0.25) is 0 Å². The zero-order valence-corrected chi connectivity index (χ0v) is 16.7. The predicted octanol–water partition coefficient (Wildman–Crippen LogP) is 2.25. The van der Waals surface area contributed by atoms with Crippen LogP contribution in [0.1, 0.15) is 35.0 Å². The zero-order valence-electron chi connectivity index (χ0n) is 16.7. The second-order valence-electron chi connectivity index (χ2n) is 7.79. The van der Waals surface area contributed by atoms with Gasteiger partial charge in [-0.05, 0) is 43.5 Å². The van der Waals surface area contributed by atoms with E-state index in [1.165, 1.54) is 0 Å². The van der Waals surface area contributed by atoms with Crippen LogP contribution in [0, 0.1) is 5.92 Å². The minimum Gasteiger partial charge on any atom is -0.387 e. The summed E-state index contributed by atoms with van der Waals surface area (Å²) in [6.45, 7) is 3.25. The van der Waals surface area contributed by atoms with Crippen LogP contribution in [0.15, 0.2) is 54.9 Å². The molecule has 0 bridgehead atoms. The summed E-state index contributed by atoms with van der Waals surface area (Å²) >= 11 is 0. The van der Waals surface area contributed by atoms with E-state index in [0.717, 1.165) is 38.0 Å².